The van der Waals surface area contributed by atoms with Crippen LogP contribution in [0, 0.1) is 17.3 Å². The molecule has 0 radical (unpaired) electrons. The summed E-state index contributed by atoms with van der Waals surface area (Å²) in [5.41, 5.74) is 4.94. The van der Waals surface area contributed by atoms with Crippen molar-refractivity contribution < 1.29 is 9.13 Å². The van der Waals surface area contributed by atoms with Gasteiger partial charge in [0, 0.05) is 10.6 Å². The van der Waals surface area contributed by atoms with E-state index in [2.05, 4.69) is 29.3 Å². The number of aryl methyl sites for hydroxylation is 2. The predicted octanol–water partition coefficient (Wildman–Crippen LogP) is 6.13. The number of aliphatic imine (C=N–C) groups is 1. The Morgan fingerprint density at radius 1 is 0.967 bits per heavy atom. The molecule has 0 atom stereocenters. The second-order valence-corrected chi connectivity index (χ2v) is 8.23. The summed E-state index contributed by atoms with van der Waals surface area (Å²) >= 11 is 6.04. The lowest BCUT2D eigenvalue weighted by atomic mass is 9.86. The first-order chi connectivity index (χ1) is 14.6. The molecular weight excluding hydrogens is 399 g/mol. The van der Waals surface area contributed by atoms with Gasteiger partial charge in [-0.1, -0.05) is 41.9 Å². The van der Waals surface area contributed by atoms with Gasteiger partial charge >= 0.3 is 0 Å². The molecule has 1 aliphatic heterocycles. The fourth-order valence-electron chi connectivity index (χ4n) is 4.60. The van der Waals surface area contributed by atoms with Crippen LogP contribution in [0.5, 0.6) is 5.75 Å². The SMILES string of the molecule is N#CN=C1c2cc(-c3cc(F)cc(Cl)c3)ccc2OC12CCc1ccccc1CC2. The van der Waals surface area contributed by atoms with Gasteiger partial charge in [-0.25, -0.2) is 4.39 Å². The summed E-state index contributed by atoms with van der Waals surface area (Å²) in [5, 5.41) is 9.75. The number of benzene rings is 3. The van der Waals surface area contributed by atoms with Gasteiger partial charge in [-0.05, 0) is 78.3 Å². The summed E-state index contributed by atoms with van der Waals surface area (Å²) in [5.74, 6) is 0.319. The highest BCUT2D eigenvalue weighted by molar-refractivity contribution is 6.30. The van der Waals surface area contributed by atoms with Crippen molar-refractivity contribution in [2.75, 3.05) is 0 Å². The van der Waals surface area contributed by atoms with Gasteiger partial charge in [0.05, 0.1) is 0 Å². The molecule has 0 saturated carbocycles. The van der Waals surface area contributed by atoms with Gasteiger partial charge in [-0.2, -0.15) is 10.3 Å². The lowest BCUT2D eigenvalue weighted by molar-refractivity contribution is 0.138. The van der Waals surface area contributed by atoms with Crippen LogP contribution >= 0.6 is 11.6 Å². The minimum atomic E-state index is -0.630. The lowest BCUT2D eigenvalue weighted by Gasteiger charge is -2.27. The monoisotopic (exact) mass is 416 g/mol. The summed E-state index contributed by atoms with van der Waals surface area (Å²) in [6.07, 6.45) is 5.19. The maximum absolute atomic E-state index is 13.9. The number of nitrogens with zero attached hydrogens (tertiary/aromatic N) is 2. The topological polar surface area (TPSA) is 45.4 Å². The first-order valence-corrected chi connectivity index (χ1v) is 10.3. The molecule has 0 bridgehead atoms. The Morgan fingerprint density at radius 3 is 2.37 bits per heavy atom. The molecule has 5 rings (SSSR count). The summed E-state index contributed by atoms with van der Waals surface area (Å²) in [4.78, 5) is 4.21. The number of fused-ring (bicyclic) bond motifs is 2. The number of rotatable bonds is 1. The van der Waals surface area contributed by atoms with Gasteiger partial charge in [0.1, 0.15) is 17.3 Å². The Bertz CT molecular complexity index is 1180. The molecule has 0 amide bonds. The molecule has 0 aromatic heterocycles. The highest BCUT2D eigenvalue weighted by Crippen LogP contribution is 2.44. The Kier molecular flexibility index (Phi) is 4.56. The zero-order chi connectivity index (χ0) is 20.7. The van der Waals surface area contributed by atoms with E-state index in [0.717, 1.165) is 36.8 Å². The molecule has 1 spiro atoms. The highest BCUT2D eigenvalue weighted by atomic mass is 35.5. The van der Waals surface area contributed by atoms with Gasteiger partial charge in [0.15, 0.2) is 5.60 Å². The molecule has 30 heavy (non-hydrogen) atoms. The largest absolute Gasteiger partial charge is 0.480 e. The zero-order valence-electron chi connectivity index (χ0n) is 16.2. The molecule has 1 aliphatic carbocycles. The maximum Gasteiger partial charge on any atom is 0.206 e. The number of ether oxygens (including phenoxy) is 1. The van der Waals surface area contributed by atoms with E-state index in [9.17, 15) is 9.65 Å². The van der Waals surface area contributed by atoms with Gasteiger partial charge < -0.3 is 4.74 Å². The standard InChI is InChI=1S/C25H18ClFN2O/c26-20-11-19(12-21(27)14-20)18-5-6-23-22(13-18)24(29-15-28)25(30-23)9-7-16-3-1-2-4-17(16)8-10-25/h1-6,11-14H,7-10H2. The van der Waals surface area contributed by atoms with Crippen LogP contribution in [0.15, 0.2) is 65.7 Å². The van der Waals surface area contributed by atoms with Crippen LogP contribution in [0.3, 0.4) is 0 Å². The summed E-state index contributed by atoms with van der Waals surface area (Å²) in [6.45, 7) is 0. The Hall–Kier alpha value is -3.16. The van der Waals surface area contributed by atoms with Crippen LogP contribution in [0.4, 0.5) is 4.39 Å². The molecule has 148 valence electrons. The van der Waals surface area contributed by atoms with Crippen molar-refractivity contribution >= 4 is 17.3 Å². The van der Waals surface area contributed by atoms with Gasteiger partial charge in [0.25, 0.3) is 0 Å². The average molecular weight is 417 g/mol. The van der Waals surface area contributed by atoms with Crippen LogP contribution in [0.2, 0.25) is 5.02 Å². The third-order valence-corrected chi connectivity index (χ3v) is 6.26. The molecule has 5 heteroatoms. The molecule has 0 N–H and O–H groups in total. The van der Waals surface area contributed by atoms with Crippen molar-refractivity contribution in [1.82, 2.24) is 0 Å². The van der Waals surface area contributed by atoms with E-state index in [1.807, 2.05) is 24.4 Å². The summed E-state index contributed by atoms with van der Waals surface area (Å²) in [6, 6.07) is 18.6. The molecule has 3 aromatic carbocycles. The number of hydrogen-bond acceptors (Lipinski definition) is 3. The molecule has 0 saturated heterocycles. The third kappa shape index (κ3) is 3.16. The number of halogens is 2. The fraction of sp³-hybridized carbons (Fsp3) is 0.200. The predicted molar refractivity (Wildman–Crippen MR) is 115 cm³/mol. The smallest absolute Gasteiger partial charge is 0.206 e. The second kappa shape index (κ2) is 7.27. The van der Waals surface area contributed by atoms with Crippen molar-refractivity contribution in [2.24, 2.45) is 4.99 Å². The second-order valence-electron chi connectivity index (χ2n) is 7.79. The van der Waals surface area contributed by atoms with Crippen LogP contribution in [-0.2, 0) is 12.8 Å². The van der Waals surface area contributed by atoms with E-state index in [0.29, 0.717) is 22.0 Å². The molecule has 0 unspecified atom stereocenters. The first kappa shape index (κ1) is 18.8. The van der Waals surface area contributed by atoms with E-state index in [-0.39, 0.29) is 0 Å². The van der Waals surface area contributed by atoms with Crippen LogP contribution < -0.4 is 4.74 Å². The Balaban J connectivity index is 1.57. The van der Waals surface area contributed by atoms with Gasteiger partial charge in [0.2, 0.25) is 6.19 Å². The van der Waals surface area contributed by atoms with E-state index < -0.39 is 11.4 Å². The number of hydrogen-bond donors (Lipinski definition) is 0. The highest BCUT2D eigenvalue weighted by Gasteiger charge is 2.46. The minimum absolute atomic E-state index is 0.339. The molecule has 0 fully saturated rings. The van der Waals surface area contributed by atoms with Gasteiger partial charge in [-0.15, -0.1) is 0 Å². The molecule has 2 aliphatic rings. The van der Waals surface area contributed by atoms with Crippen molar-refractivity contribution in [3.05, 3.63) is 88.2 Å². The van der Waals surface area contributed by atoms with Crippen LogP contribution in [0.1, 0.15) is 29.5 Å². The zero-order valence-corrected chi connectivity index (χ0v) is 16.9. The fourth-order valence-corrected chi connectivity index (χ4v) is 4.82. The summed E-state index contributed by atoms with van der Waals surface area (Å²) < 4.78 is 20.3. The molecule has 1 heterocycles. The minimum Gasteiger partial charge on any atom is -0.480 e. The lowest BCUT2D eigenvalue weighted by Crippen LogP contribution is -2.40. The Labute approximate surface area is 179 Å². The van der Waals surface area contributed by atoms with Crippen LogP contribution in [-0.4, -0.2) is 11.3 Å². The summed E-state index contributed by atoms with van der Waals surface area (Å²) in [7, 11) is 0. The quantitative estimate of drug-likeness (QED) is 0.448. The molecular formula is C25H18ClFN2O. The maximum atomic E-state index is 13.9. The van der Waals surface area contributed by atoms with Crippen LogP contribution in [0.25, 0.3) is 11.1 Å². The van der Waals surface area contributed by atoms with Crippen molar-refractivity contribution in [1.29, 1.82) is 5.26 Å². The van der Waals surface area contributed by atoms with E-state index in [4.69, 9.17) is 16.3 Å². The van der Waals surface area contributed by atoms with Crippen molar-refractivity contribution in [3.8, 4) is 23.1 Å². The Morgan fingerprint density at radius 2 is 1.70 bits per heavy atom. The number of nitriles is 1. The average Bonchev–Trinajstić information content (AvgIpc) is 2.90. The van der Waals surface area contributed by atoms with E-state index in [1.165, 1.54) is 23.3 Å². The van der Waals surface area contributed by atoms with Gasteiger partial charge in [-0.3, -0.25) is 0 Å². The first-order valence-electron chi connectivity index (χ1n) is 9.92. The van der Waals surface area contributed by atoms with Crippen molar-refractivity contribution in [3.63, 3.8) is 0 Å². The van der Waals surface area contributed by atoms with E-state index >= 15 is 0 Å². The normalized spacial score (nSPS) is 17.7. The van der Waals surface area contributed by atoms with E-state index in [1.54, 1.807) is 6.07 Å². The van der Waals surface area contributed by atoms with Crippen molar-refractivity contribution in [2.45, 2.75) is 31.3 Å². The molecule has 3 nitrogen and oxygen atoms in total. The third-order valence-electron chi connectivity index (χ3n) is 6.04. The molecule has 3 aromatic rings.